The van der Waals surface area contributed by atoms with E-state index in [4.69, 9.17) is 0 Å². The van der Waals surface area contributed by atoms with Gasteiger partial charge in [-0.05, 0) is 42.5 Å². The van der Waals surface area contributed by atoms with Gasteiger partial charge in [-0.2, -0.15) is 17.5 Å². The molecule has 0 unspecified atom stereocenters. The highest BCUT2D eigenvalue weighted by molar-refractivity contribution is 7.89. The summed E-state index contributed by atoms with van der Waals surface area (Å²) in [5.74, 6) is -2.32. The Balaban J connectivity index is 1.50. The number of hydrogen-bond donors (Lipinski definition) is 1. The zero-order chi connectivity index (χ0) is 27.0. The van der Waals surface area contributed by atoms with Gasteiger partial charge in [-0.3, -0.25) is 9.78 Å². The molecule has 0 radical (unpaired) electrons. The first kappa shape index (κ1) is 26.5. The van der Waals surface area contributed by atoms with Gasteiger partial charge in [-0.25, -0.2) is 26.6 Å². The summed E-state index contributed by atoms with van der Waals surface area (Å²) >= 11 is 0. The largest absolute Gasteiger partial charge is 0.434 e. The Morgan fingerprint density at radius 3 is 2.38 bits per heavy atom. The number of alkyl halides is 4. The fourth-order valence-electron chi connectivity index (χ4n) is 3.80. The van der Waals surface area contributed by atoms with E-state index in [-0.39, 0.29) is 21.7 Å². The molecule has 0 bridgehead atoms. The number of carbonyl (C=O) groups is 1. The molecule has 1 aromatic heterocycles. The van der Waals surface area contributed by atoms with E-state index in [1.54, 1.807) is 0 Å². The van der Waals surface area contributed by atoms with Gasteiger partial charge < -0.3 is 5.32 Å². The Kier molecular flexibility index (Phi) is 7.24. The van der Waals surface area contributed by atoms with Crippen LogP contribution in [0.25, 0.3) is 11.3 Å². The van der Waals surface area contributed by atoms with Crippen LogP contribution in [-0.4, -0.2) is 47.4 Å². The molecule has 14 heteroatoms. The summed E-state index contributed by atoms with van der Waals surface area (Å²) in [4.78, 5) is 19.5. The Labute approximate surface area is 207 Å². The van der Waals surface area contributed by atoms with Crippen molar-refractivity contribution in [3.63, 3.8) is 0 Å². The molecule has 1 aliphatic heterocycles. The van der Waals surface area contributed by atoms with Gasteiger partial charge in [-0.1, -0.05) is 0 Å². The van der Waals surface area contributed by atoms with E-state index in [1.165, 1.54) is 12.1 Å². The van der Waals surface area contributed by atoms with Crippen LogP contribution in [0.4, 0.5) is 26.3 Å². The number of carbonyl (C=O) groups excluding carboxylic acids is 1. The minimum absolute atomic E-state index is 0.0215. The van der Waals surface area contributed by atoms with Crippen LogP contribution in [-0.2, 0) is 27.5 Å². The fraction of sp³-hybridized carbons (Fsp3) is 0.261. The molecule has 1 saturated heterocycles. The number of hydrogen-bond acceptors (Lipinski definition) is 5. The van der Waals surface area contributed by atoms with Crippen LogP contribution in [0.1, 0.15) is 17.7 Å². The first-order valence-corrected chi connectivity index (χ1v) is 12.2. The predicted molar refractivity (Wildman–Crippen MR) is 118 cm³/mol. The maximum atomic E-state index is 14.4. The first-order valence-electron chi connectivity index (χ1n) is 10.7. The lowest BCUT2D eigenvalue weighted by molar-refractivity contribution is -0.141. The smallest absolute Gasteiger partial charge is 0.351 e. The summed E-state index contributed by atoms with van der Waals surface area (Å²) in [7, 11) is -4.33. The third kappa shape index (κ3) is 5.74. The monoisotopic (exact) mass is 544 g/mol. The van der Waals surface area contributed by atoms with E-state index in [0.717, 1.165) is 36.5 Å². The van der Waals surface area contributed by atoms with Crippen LogP contribution in [0.5, 0.6) is 0 Å². The van der Waals surface area contributed by atoms with Gasteiger partial charge in [0.05, 0.1) is 23.0 Å². The summed E-state index contributed by atoms with van der Waals surface area (Å²) < 4.78 is 106. The van der Waals surface area contributed by atoms with Crippen LogP contribution < -0.4 is 5.32 Å². The molecule has 2 heterocycles. The maximum Gasteiger partial charge on any atom is 0.434 e. The van der Waals surface area contributed by atoms with Gasteiger partial charge in [0.2, 0.25) is 15.9 Å². The molecule has 0 spiro atoms. The van der Waals surface area contributed by atoms with Crippen molar-refractivity contribution in [2.75, 3.05) is 6.54 Å². The van der Waals surface area contributed by atoms with Crippen molar-refractivity contribution < 1.29 is 39.6 Å². The van der Waals surface area contributed by atoms with Crippen molar-refractivity contribution >= 4 is 15.9 Å². The van der Waals surface area contributed by atoms with Crippen LogP contribution in [0, 0.1) is 11.6 Å². The van der Waals surface area contributed by atoms with Crippen molar-refractivity contribution in [1.29, 1.82) is 0 Å². The average molecular weight is 544 g/mol. The van der Waals surface area contributed by atoms with Gasteiger partial charge in [0.25, 0.3) is 0 Å². The third-order valence-electron chi connectivity index (χ3n) is 5.66. The van der Waals surface area contributed by atoms with Gasteiger partial charge in [-0.15, -0.1) is 0 Å². The Bertz CT molecular complexity index is 1400. The average Bonchev–Trinajstić information content (AvgIpc) is 3.26. The van der Waals surface area contributed by atoms with Gasteiger partial charge in [0.1, 0.15) is 23.8 Å². The number of sulfonamides is 1. The zero-order valence-electron chi connectivity index (χ0n) is 18.7. The molecular weight excluding hydrogens is 526 g/mol. The van der Waals surface area contributed by atoms with Crippen molar-refractivity contribution in [1.82, 2.24) is 19.6 Å². The van der Waals surface area contributed by atoms with E-state index in [0.29, 0.717) is 10.5 Å². The Hall–Kier alpha value is -3.52. The summed E-state index contributed by atoms with van der Waals surface area (Å²) in [6.07, 6.45) is -5.35. The van der Waals surface area contributed by atoms with Crippen molar-refractivity contribution in [3.8, 4) is 11.3 Å². The van der Waals surface area contributed by atoms with Crippen LogP contribution in [0.3, 0.4) is 0 Å². The van der Waals surface area contributed by atoms with E-state index in [2.05, 4.69) is 15.3 Å². The maximum absolute atomic E-state index is 14.4. The molecule has 37 heavy (non-hydrogen) atoms. The molecule has 196 valence electrons. The quantitative estimate of drug-likeness (QED) is 0.476. The molecule has 7 nitrogen and oxygen atoms in total. The molecule has 1 fully saturated rings. The van der Waals surface area contributed by atoms with Crippen LogP contribution in [0.2, 0.25) is 0 Å². The lowest BCUT2D eigenvalue weighted by Crippen LogP contribution is -2.45. The molecule has 0 saturated carbocycles. The molecule has 1 N–H and O–H groups in total. The lowest BCUT2D eigenvalue weighted by Gasteiger charge is -2.23. The van der Waals surface area contributed by atoms with E-state index in [9.17, 15) is 39.6 Å². The van der Waals surface area contributed by atoms with E-state index in [1.807, 2.05) is 0 Å². The molecule has 3 aromatic rings. The Morgan fingerprint density at radius 2 is 1.76 bits per heavy atom. The third-order valence-corrected chi connectivity index (χ3v) is 7.55. The number of nitrogens with one attached hydrogen (secondary N) is 1. The highest BCUT2D eigenvalue weighted by Crippen LogP contribution is 2.30. The minimum Gasteiger partial charge on any atom is -0.351 e. The lowest BCUT2D eigenvalue weighted by atomic mass is 10.1. The normalized spacial score (nSPS) is 18.6. The van der Waals surface area contributed by atoms with Gasteiger partial charge >= 0.3 is 6.18 Å². The summed E-state index contributed by atoms with van der Waals surface area (Å²) in [5.41, 5.74) is -1.03. The second kappa shape index (κ2) is 10.1. The molecule has 1 amide bonds. The SMILES string of the molecule is O=C(NCc1cc(-c2cnc(C(F)(F)F)cn2)ccc1F)[C@@H]1C[C@@H](F)CN1S(=O)(=O)c1ccc(F)cc1. The van der Waals surface area contributed by atoms with Crippen molar-refractivity contribution in [3.05, 3.63) is 77.8 Å². The number of nitrogens with zero attached hydrogens (tertiary/aromatic N) is 3. The number of benzene rings is 2. The van der Waals surface area contributed by atoms with Crippen LogP contribution >= 0.6 is 0 Å². The molecule has 4 rings (SSSR count). The molecular formula is C23H18F6N4O3S. The highest BCUT2D eigenvalue weighted by atomic mass is 32.2. The van der Waals surface area contributed by atoms with Crippen LogP contribution in [0.15, 0.2) is 59.8 Å². The molecule has 0 aliphatic carbocycles. The summed E-state index contributed by atoms with van der Waals surface area (Å²) in [6.45, 7) is -1.02. The number of aromatic nitrogens is 2. The Morgan fingerprint density at radius 1 is 1.05 bits per heavy atom. The number of halogens is 6. The standard InChI is InChI=1S/C23H18F6N4O3S/c24-15-2-4-17(5-3-15)37(35,36)33-12-16(25)8-20(33)22(34)32-9-14-7-13(1-6-18(14)26)19-10-31-21(11-30-19)23(27,28)29/h1-7,10-11,16,20H,8-9,12H2,(H,32,34)/t16-,20+/m1/s1. The predicted octanol–water partition coefficient (Wildman–Crippen LogP) is 3.86. The van der Waals surface area contributed by atoms with E-state index >= 15 is 0 Å². The fourth-order valence-corrected chi connectivity index (χ4v) is 5.42. The molecule has 2 aromatic carbocycles. The molecule has 1 aliphatic rings. The topological polar surface area (TPSA) is 92.3 Å². The number of rotatable bonds is 6. The summed E-state index contributed by atoms with van der Waals surface area (Å²) in [5, 5.41) is 2.38. The van der Waals surface area contributed by atoms with Crippen molar-refractivity contribution in [2.45, 2.75) is 36.3 Å². The highest BCUT2D eigenvalue weighted by Gasteiger charge is 2.44. The van der Waals surface area contributed by atoms with E-state index < -0.39 is 71.2 Å². The van der Waals surface area contributed by atoms with Crippen molar-refractivity contribution in [2.24, 2.45) is 0 Å². The van der Waals surface area contributed by atoms with Gasteiger partial charge in [0, 0.05) is 30.6 Å². The number of amides is 1. The van der Waals surface area contributed by atoms with Gasteiger partial charge in [0.15, 0.2) is 5.69 Å². The second-order valence-corrected chi connectivity index (χ2v) is 10.1. The second-order valence-electron chi connectivity index (χ2n) is 8.19. The molecule has 2 atom stereocenters. The summed E-state index contributed by atoms with van der Waals surface area (Å²) in [6, 6.07) is 5.92. The first-order chi connectivity index (χ1) is 17.4. The minimum atomic E-state index is -4.68. The zero-order valence-corrected chi connectivity index (χ0v) is 19.5.